The van der Waals surface area contributed by atoms with Crippen LogP contribution in [0.3, 0.4) is 0 Å². The molecule has 0 aliphatic heterocycles. The molecular weight excluding hydrogens is 149 g/mol. The summed E-state index contributed by atoms with van der Waals surface area (Å²) < 4.78 is 16.2. The fourth-order valence-electron chi connectivity index (χ4n) is 0.589. The van der Waals surface area contributed by atoms with Crippen molar-refractivity contribution in [3.8, 4) is 0 Å². The largest absolute Gasteiger partial charge is 0.442 e. The van der Waals surface area contributed by atoms with Gasteiger partial charge in [0.1, 0.15) is 6.26 Å². The Morgan fingerprint density at radius 1 is 1.60 bits per heavy atom. The molecule has 0 bridgehead atoms. The fraction of sp³-hybridized carbons (Fsp3) is 0.500. The summed E-state index contributed by atoms with van der Waals surface area (Å²) in [6, 6.07) is 0. The first kappa shape index (κ1) is 7.55. The van der Waals surface area contributed by atoms with E-state index >= 15 is 0 Å². The minimum Gasteiger partial charge on any atom is -0.442 e. The minimum absolute atomic E-state index is 0.366. The molecule has 1 aromatic heterocycles. The van der Waals surface area contributed by atoms with Gasteiger partial charge in [-0.2, -0.15) is 0 Å². The first-order valence-electron chi connectivity index (χ1n) is 2.98. The Morgan fingerprint density at radius 2 is 2.20 bits per heavy atom. The van der Waals surface area contributed by atoms with Gasteiger partial charge in [-0.05, 0) is 20.3 Å². The van der Waals surface area contributed by atoms with E-state index in [1.54, 1.807) is 13.3 Å². The molecule has 0 unspecified atom stereocenters. The molecule has 0 aliphatic rings. The molecule has 1 heterocycles. The Balaban J connectivity index is 3.08. The van der Waals surface area contributed by atoms with Crippen LogP contribution in [-0.4, -0.2) is 18.3 Å². The molecule has 10 heavy (non-hydrogen) atoms. The Hall–Kier alpha value is -0.560. The van der Waals surface area contributed by atoms with Crippen LogP contribution < -0.4 is 5.63 Å². The van der Waals surface area contributed by atoms with Gasteiger partial charge in [-0.25, -0.2) is 4.98 Å². The van der Waals surface area contributed by atoms with E-state index in [1.807, 2.05) is 6.92 Å². The van der Waals surface area contributed by atoms with E-state index in [2.05, 4.69) is 4.98 Å². The molecule has 0 atom stereocenters. The van der Waals surface area contributed by atoms with Crippen LogP contribution >= 0.6 is 7.14 Å². The van der Waals surface area contributed by atoms with Crippen molar-refractivity contribution in [2.75, 3.05) is 13.3 Å². The summed E-state index contributed by atoms with van der Waals surface area (Å²) in [5, 5.41) is 0. The van der Waals surface area contributed by atoms with Crippen molar-refractivity contribution < 1.29 is 8.98 Å². The molecular formula is C6H10NO2P. The fourth-order valence-corrected chi connectivity index (χ4v) is 1.29. The summed E-state index contributed by atoms with van der Waals surface area (Å²) in [5.74, 6) is 0. The van der Waals surface area contributed by atoms with Crippen LogP contribution in [-0.2, 0) is 4.57 Å². The summed E-state index contributed by atoms with van der Waals surface area (Å²) in [6.45, 7) is 5.08. The lowest BCUT2D eigenvalue weighted by Gasteiger charge is -1.96. The average molecular weight is 159 g/mol. The van der Waals surface area contributed by atoms with Crippen LogP contribution in [0.2, 0.25) is 0 Å². The summed E-state index contributed by atoms with van der Waals surface area (Å²) in [4.78, 5) is 3.95. The molecule has 0 saturated carbocycles. The van der Waals surface area contributed by atoms with Crippen molar-refractivity contribution >= 4 is 12.8 Å². The maximum absolute atomic E-state index is 11.3. The number of nitrogens with zero attached hydrogens (tertiary/aromatic N) is 1. The van der Waals surface area contributed by atoms with E-state index in [-0.39, 0.29) is 0 Å². The number of aromatic nitrogens is 1. The van der Waals surface area contributed by atoms with Crippen LogP contribution in [0.15, 0.2) is 10.7 Å². The zero-order valence-electron chi connectivity index (χ0n) is 6.29. The van der Waals surface area contributed by atoms with Crippen molar-refractivity contribution in [1.29, 1.82) is 0 Å². The number of oxazole rings is 1. The van der Waals surface area contributed by atoms with Crippen molar-refractivity contribution in [3.05, 3.63) is 12.0 Å². The molecule has 0 N–H and O–H groups in total. The standard InChI is InChI=1S/C6H10NO2P/c1-5-4-9-6(7-5)10(2,3)8/h4H,1-3H3. The van der Waals surface area contributed by atoms with Crippen LogP contribution in [0.1, 0.15) is 5.69 Å². The van der Waals surface area contributed by atoms with E-state index in [0.29, 0.717) is 5.63 Å². The highest BCUT2D eigenvalue weighted by atomic mass is 31.2. The Kier molecular flexibility index (Phi) is 1.69. The van der Waals surface area contributed by atoms with Gasteiger partial charge in [0.05, 0.1) is 5.69 Å². The number of hydrogen-bond acceptors (Lipinski definition) is 3. The van der Waals surface area contributed by atoms with Gasteiger partial charge in [-0.15, -0.1) is 0 Å². The maximum Gasteiger partial charge on any atom is 0.254 e. The molecule has 4 heteroatoms. The predicted octanol–water partition coefficient (Wildman–Crippen LogP) is 1.23. The summed E-state index contributed by atoms with van der Waals surface area (Å²) in [5.41, 5.74) is 1.14. The lowest BCUT2D eigenvalue weighted by Crippen LogP contribution is -2.02. The lowest BCUT2D eigenvalue weighted by molar-refractivity contribution is 0.559. The Morgan fingerprint density at radius 3 is 2.40 bits per heavy atom. The van der Waals surface area contributed by atoms with Crippen LogP contribution in [0, 0.1) is 6.92 Å². The molecule has 0 saturated heterocycles. The Bertz CT molecular complexity index is 273. The van der Waals surface area contributed by atoms with E-state index < -0.39 is 7.14 Å². The highest BCUT2D eigenvalue weighted by molar-refractivity contribution is 7.69. The maximum atomic E-state index is 11.3. The molecule has 0 spiro atoms. The number of aryl methyl sites for hydroxylation is 1. The second kappa shape index (κ2) is 2.24. The first-order valence-corrected chi connectivity index (χ1v) is 5.58. The molecule has 0 aliphatic carbocycles. The smallest absolute Gasteiger partial charge is 0.254 e. The van der Waals surface area contributed by atoms with Gasteiger partial charge >= 0.3 is 0 Å². The first-order chi connectivity index (χ1) is 4.50. The zero-order chi connectivity index (χ0) is 7.78. The van der Waals surface area contributed by atoms with Crippen LogP contribution in [0.25, 0.3) is 0 Å². The third-order valence-electron chi connectivity index (χ3n) is 1.07. The number of hydrogen-bond donors (Lipinski definition) is 0. The van der Waals surface area contributed by atoms with Crippen molar-refractivity contribution in [1.82, 2.24) is 4.98 Å². The minimum atomic E-state index is -2.28. The summed E-state index contributed by atoms with van der Waals surface area (Å²) in [7, 11) is -2.28. The topological polar surface area (TPSA) is 43.1 Å². The number of rotatable bonds is 1. The van der Waals surface area contributed by atoms with Crippen molar-refractivity contribution in [3.63, 3.8) is 0 Å². The van der Waals surface area contributed by atoms with E-state index in [0.717, 1.165) is 5.69 Å². The van der Waals surface area contributed by atoms with Gasteiger partial charge in [-0.1, -0.05) is 0 Å². The lowest BCUT2D eigenvalue weighted by atomic mass is 10.6. The van der Waals surface area contributed by atoms with Gasteiger partial charge in [0.25, 0.3) is 5.63 Å². The second-order valence-corrected chi connectivity index (χ2v) is 5.71. The second-order valence-electron chi connectivity index (χ2n) is 2.62. The molecule has 56 valence electrons. The van der Waals surface area contributed by atoms with Crippen LogP contribution in [0.5, 0.6) is 0 Å². The van der Waals surface area contributed by atoms with Gasteiger partial charge < -0.3 is 8.98 Å². The third-order valence-corrected chi connectivity index (χ3v) is 2.19. The van der Waals surface area contributed by atoms with Crippen LogP contribution in [0.4, 0.5) is 0 Å². The normalized spacial score (nSPS) is 11.9. The van der Waals surface area contributed by atoms with E-state index in [9.17, 15) is 4.57 Å². The predicted molar refractivity (Wildman–Crippen MR) is 40.3 cm³/mol. The van der Waals surface area contributed by atoms with Crippen molar-refractivity contribution in [2.45, 2.75) is 6.92 Å². The SMILES string of the molecule is Cc1coc(P(C)(C)=O)n1. The van der Waals surface area contributed by atoms with Gasteiger partial charge in [-0.3, -0.25) is 0 Å². The molecule has 0 aromatic carbocycles. The molecule has 0 radical (unpaired) electrons. The highest BCUT2D eigenvalue weighted by Crippen LogP contribution is 2.33. The van der Waals surface area contributed by atoms with E-state index in [1.165, 1.54) is 6.26 Å². The third kappa shape index (κ3) is 1.48. The molecule has 1 aromatic rings. The molecule has 1 rings (SSSR count). The summed E-state index contributed by atoms with van der Waals surface area (Å²) in [6.07, 6.45) is 1.51. The average Bonchev–Trinajstić information content (AvgIpc) is 2.11. The molecule has 0 fully saturated rings. The van der Waals surface area contributed by atoms with Gasteiger partial charge in [0.15, 0.2) is 7.14 Å². The molecule has 3 nitrogen and oxygen atoms in total. The quantitative estimate of drug-likeness (QED) is 0.579. The van der Waals surface area contributed by atoms with Crippen molar-refractivity contribution in [2.24, 2.45) is 0 Å². The summed E-state index contributed by atoms with van der Waals surface area (Å²) >= 11 is 0. The molecule has 0 amide bonds. The van der Waals surface area contributed by atoms with E-state index in [4.69, 9.17) is 4.42 Å². The highest BCUT2D eigenvalue weighted by Gasteiger charge is 2.16. The monoisotopic (exact) mass is 159 g/mol. The van der Waals surface area contributed by atoms with Gasteiger partial charge in [0.2, 0.25) is 0 Å². The zero-order valence-corrected chi connectivity index (χ0v) is 7.18. The van der Waals surface area contributed by atoms with Gasteiger partial charge in [0, 0.05) is 0 Å². The Labute approximate surface area is 59.8 Å².